The molecule has 0 radical (unpaired) electrons. The molecule has 2 aromatic heterocycles. The SMILES string of the molecule is Cc1nn(Cc2ccc(C(=O)NCc3cccnc3)cc2)c(C)c1-c1ccc(C#N)c(Cl)c1. The Morgan fingerprint density at radius 2 is 1.91 bits per heavy atom. The lowest BCUT2D eigenvalue weighted by molar-refractivity contribution is 0.0951. The molecule has 0 aliphatic carbocycles. The number of benzene rings is 2. The molecule has 2 heterocycles. The number of nitrogens with zero attached hydrogens (tertiary/aromatic N) is 4. The number of nitriles is 1. The summed E-state index contributed by atoms with van der Waals surface area (Å²) in [5, 5.41) is 17.2. The quantitative estimate of drug-likeness (QED) is 0.440. The molecule has 164 valence electrons. The van der Waals surface area contributed by atoms with Crippen molar-refractivity contribution < 1.29 is 4.79 Å². The Morgan fingerprint density at radius 1 is 1.12 bits per heavy atom. The summed E-state index contributed by atoms with van der Waals surface area (Å²) in [6.45, 7) is 4.99. The van der Waals surface area contributed by atoms with Crippen molar-refractivity contribution in [3.05, 3.63) is 106 Å². The van der Waals surface area contributed by atoms with Crippen molar-refractivity contribution in [2.24, 2.45) is 0 Å². The third-order valence-electron chi connectivity index (χ3n) is 5.48. The molecule has 0 spiro atoms. The Labute approximate surface area is 197 Å². The fraction of sp³-hybridized carbons (Fsp3) is 0.154. The van der Waals surface area contributed by atoms with Gasteiger partial charge < -0.3 is 5.32 Å². The predicted molar refractivity (Wildman–Crippen MR) is 128 cm³/mol. The molecule has 0 aliphatic rings. The lowest BCUT2D eigenvalue weighted by Crippen LogP contribution is -2.22. The Balaban J connectivity index is 1.47. The second-order valence-electron chi connectivity index (χ2n) is 7.75. The van der Waals surface area contributed by atoms with Crippen LogP contribution in [-0.2, 0) is 13.1 Å². The van der Waals surface area contributed by atoms with Crippen LogP contribution in [0.15, 0.2) is 67.0 Å². The van der Waals surface area contributed by atoms with E-state index in [1.165, 1.54) is 0 Å². The van der Waals surface area contributed by atoms with Crippen LogP contribution in [0.25, 0.3) is 11.1 Å². The summed E-state index contributed by atoms with van der Waals surface area (Å²) in [5.74, 6) is -0.128. The number of carbonyl (C=O) groups is 1. The number of rotatable bonds is 6. The van der Waals surface area contributed by atoms with Gasteiger partial charge in [-0.3, -0.25) is 14.5 Å². The minimum absolute atomic E-state index is 0.128. The topological polar surface area (TPSA) is 83.6 Å². The Kier molecular flexibility index (Phi) is 6.53. The van der Waals surface area contributed by atoms with Crippen LogP contribution in [0.5, 0.6) is 0 Å². The number of halogens is 1. The third kappa shape index (κ3) is 4.94. The highest BCUT2D eigenvalue weighted by molar-refractivity contribution is 6.32. The lowest BCUT2D eigenvalue weighted by Gasteiger charge is -2.08. The van der Waals surface area contributed by atoms with E-state index in [2.05, 4.69) is 16.4 Å². The molecule has 33 heavy (non-hydrogen) atoms. The lowest BCUT2D eigenvalue weighted by atomic mass is 10.0. The van der Waals surface area contributed by atoms with Gasteiger partial charge in [0.05, 0.1) is 22.8 Å². The van der Waals surface area contributed by atoms with Gasteiger partial charge in [-0.15, -0.1) is 0 Å². The summed E-state index contributed by atoms with van der Waals surface area (Å²) in [5.41, 5.74) is 6.87. The average molecular weight is 456 g/mol. The number of aromatic nitrogens is 3. The molecule has 0 fully saturated rings. The van der Waals surface area contributed by atoms with Crippen molar-refractivity contribution in [2.75, 3.05) is 0 Å². The molecule has 7 heteroatoms. The van der Waals surface area contributed by atoms with Crippen molar-refractivity contribution >= 4 is 17.5 Å². The second-order valence-corrected chi connectivity index (χ2v) is 8.16. The van der Waals surface area contributed by atoms with Crippen molar-refractivity contribution in [3.63, 3.8) is 0 Å². The van der Waals surface area contributed by atoms with E-state index in [1.54, 1.807) is 24.5 Å². The maximum atomic E-state index is 12.4. The average Bonchev–Trinajstić information content (AvgIpc) is 3.11. The molecule has 0 atom stereocenters. The van der Waals surface area contributed by atoms with Crippen LogP contribution in [-0.4, -0.2) is 20.7 Å². The minimum Gasteiger partial charge on any atom is -0.348 e. The molecule has 0 saturated heterocycles. The molecule has 0 saturated carbocycles. The fourth-order valence-corrected chi connectivity index (χ4v) is 3.97. The molecular formula is C26H22ClN5O. The Morgan fingerprint density at radius 3 is 2.58 bits per heavy atom. The first-order valence-electron chi connectivity index (χ1n) is 10.5. The molecule has 4 aromatic rings. The molecule has 2 aromatic carbocycles. The Hall–Kier alpha value is -3.95. The van der Waals surface area contributed by atoms with Gasteiger partial charge in [0.25, 0.3) is 5.91 Å². The standard InChI is InChI=1S/C26H22ClN5O/c1-17-25(22-9-10-23(13-28)24(27)12-22)18(2)32(31-17)16-19-5-7-21(8-6-19)26(33)30-15-20-4-3-11-29-14-20/h3-12,14H,15-16H2,1-2H3,(H,30,33). The van der Waals surface area contributed by atoms with Gasteiger partial charge in [-0.25, -0.2) is 0 Å². The van der Waals surface area contributed by atoms with Crippen LogP contribution in [0.3, 0.4) is 0 Å². The van der Waals surface area contributed by atoms with Crippen molar-refractivity contribution in [1.82, 2.24) is 20.1 Å². The monoisotopic (exact) mass is 455 g/mol. The highest BCUT2D eigenvalue weighted by atomic mass is 35.5. The van der Waals surface area contributed by atoms with Gasteiger partial charge in [-0.1, -0.05) is 35.9 Å². The minimum atomic E-state index is -0.128. The number of pyridine rings is 1. The first kappa shape index (κ1) is 22.3. The molecular weight excluding hydrogens is 434 g/mol. The van der Waals surface area contributed by atoms with Crippen LogP contribution in [0.2, 0.25) is 5.02 Å². The van der Waals surface area contributed by atoms with E-state index >= 15 is 0 Å². The van der Waals surface area contributed by atoms with Gasteiger partial charge in [0, 0.05) is 35.8 Å². The summed E-state index contributed by atoms with van der Waals surface area (Å²) >= 11 is 6.23. The summed E-state index contributed by atoms with van der Waals surface area (Å²) in [6, 6.07) is 18.8. The Bertz CT molecular complexity index is 1340. The smallest absolute Gasteiger partial charge is 0.251 e. The molecule has 0 aliphatic heterocycles. The maximum absolute atomic E-state index is 12.4. The van der Waals surface area contributed by atoms with Gasteiger partial charge in [-0.2, -0.15) is 10.4 Å². The van der Waals surface area contributed by atoms with Crippen molar-refractivity contribution in [3.8, 4) is 17.2 Å². The van der Waals surface area contributed by atoms with Gasteiger partial charge in [0.2, 0.25) is 0 Å². The number of amides is 1. The van der Waals surface area contributed by atoms with E-state index in [4.69, 9.17) is 22.0 Å². The number of nitrogens with one attached hydrogen (secondary N) is 1. The number of hydrogen-bond donors (Lipinski definition) is 1. The van der Waals surface area contributed by atoms with Crippen LogP contribution in [0, 0.1) is 25.2 Å². The zero-order valence-electron chi connectivity index (χ0n) is 18.3. The van der Waals surface area contributed by atoms with E-state index in [0.717, 1.165) is 33.6 Å². The molecule has 4 rings (SSSR count). The van der Waals surface area contributed by atoms with Crippen LogP contribution in [0.1, 0.15) is 38.4 Å². The summed E-state index contributed by atoms with van der Waals surface area (Å²) in [6.07, 6.45) is 3.44. The zero-order valence-corrected chi connectivity index (χ0v) is 19.1. The van der Waals surface area contributed by atoms with Crippen molar-refractivity contribution in [2.45, 2.75) is 26.9 Å². The molecule has 1 N–H and O–H groups in total. The normalized spacial score (nSPS) is 10.6. The third-order valence-corrected chi connectivity index (χ3v) is 5.80. The maximum Gasteiger partial charge on any atom is 0.251 e. The van der Waals surface area contributed by atoms with Gasteiger partial charge in [0.15, 0.2) is 0 Å². The molecule has 6 nitrogen and oxygen atoms in total. The largest absolute Gasteiger partial charge is 0.348 e. The van der Waals surface area contributed by atoms with Crippen molar-refractivity contribution in [1.29, 1.82) is 5.26 Å². The van der Waals surface area contributed by atoms with Crippen LogP contribution >= 0.6 is 11.6 Å². The second kappa shape index (κ2) is 9.68. The van der Waals surface area contributed by atoms with Crippen LogP contribution < -0.4 is 5.32 Å². The van der Waals surface area contributed by atoms with Gasteiger partial charge in [-0.05, 0) is 60.9 Å². The number of aryl methyl sites for hydroxylation is 1. The van der Waals surface area contributed by atoms with Gasteiger partial charge in [0.1, 0.15) is 6.07 Å². The number of carbonyl (C=O) groups excluding carboxylic acids is 1. The van der Waals surface area contributed by atoms with Gasteiger partial charge >= 0.3 is 0 Å². The molecule has 1 amide bonds. The zero-order chi connectivity index (χ0) is 23.4. The van der Waals surface area contributed by atoms with E-state index in [0.29, 0.717) is 29.2 Å². The highest BCUT2D eigenvalue weighted by Crippen LogP contribution is 2.30. The van der Waals surface area contributed by atoms with E-state index in [1.807, 2.05) is 61.0 Å². The van der Waals surface area contributed by atoms with E-state index in [-0.39, 0.29) is 5.91 Å². The number of hydrogen-bond acceptors (Lipinski definition) is 4. The van der Waals surface area contributed by atoms with E-state index < -0.39 is 0 Å². The first-order chi connectivity index (χ1) is 16.0. The van der Waals surface area contributed by atoms with E-state index in [9.17, 15) is 4.79 Å². The predicted octanol–water partition coefficient (Wildman–Crippen LogP) is 5.07. The van der Waals surface area contributed by atoms with Crippen LogP contribution in [0.4, 0.5) is 0 Å². The summed E-state index contributed by atoms with van der Waals surface area (Å²) < 4.78 is 1.94. The summed E-state index contributed by atoms with van der Waals surface area (Å²) in [7, 11) is 0. The highest BCUT2D eigenvalue weighted by Gasteiger charge is 2.15. The first-order valence-corrected chi connectivity index (χ1v) is 10.8. The fourth-order valence-electron chi connectivity index (χ4n) is 3.75. The summed E-state index contributed by atoms with van der Waals surface area (Å²) in [4.78, 5) is 16.5. The molecule has 0 unspecified atom stereocenters. The molecule has 0 bridgehead atoms.